The van der Waals surface area contributed by atoms with Crippen molar-refractivity contribution < 1.29 is 19.7 Å². The predicted molar refractivity (Wildman–Crippen MR) is 49.0 cm³/mol. The minimum Gasteiger partial charge on any atom is -0.504 e. The first-order valence-corrected chi connectivity index (χ1v) is 4.40. The number of carbonyl (C=O) groups is 1. The third-order valence-corrected chi connectivity index (χ3v) is 2.32. The maximum Gasteiger partial charge on any atom is 0.200 e. The third-order valence-electron chi connectivity index (χ3n) is 2.32. The van der Waals surface area contributed by atoms with Gasteiger partial charge in [-0.1, -0.05) is 0 Å². The maximum atomic E-state index is 10.7. The molecule has 1 aliphatic heterocycles. The monoisotopic (exact) mass is 194 g/mol. The molecule has 0 unspecified atom stereocenters. The van der Waals surface area contributed by atoms with Crippen LogP contribution >= 0.6 is 0 Å². The van der Waals surface area contributed by atoms with E-state index in [1.54, 1.807) is 0 Å². The molecule has 0 radical (unpaired) electrons. The molecule has 0 saturated heterocycles. The van der Waals surface area contributed by atoms with Gasteiger partial charge in [0.1, 0.15) is 0 Å². The lowest BCUT2D eigenvalue weighted by Crippen LogP contribution is -2.10. The van der Waals surface area contributed by atoms with Crippen LogP contribution in [0.4, 0.5) is 0 Å². The molecule has 4 heteroatoms. The minimum atomic E-state index is -0.312. The van der Waals surface area contributed by atoms with Crippen molar-refractivity contribution in [1.82, 2.24) is 0 Å². The van der Waals surface area contributed by atoms with Gasteiger partial charge in [-0.3, -0.25) is 4.79 Å². The molecule has 1 aromatic carbocycles. The first-order valence-electron chi connectivity index (χ1n) is 4.40. The topological polar surface area (TPSA) is 66.8 Å². The number of benzene rings is 1. The van der Waals surface area contributed by atoms with E-state index < -0.39 is 0 Å². The summed E-state index contributed by atoms with van der Waals surface area (Å²) in [4.78, 5) is 10.7. The normalized spacial score (nSPS) is 14.3. The molecule has 1 heterocycles. The van der Waals surface area contributed by atoms with Crippen LogP contribution in [0, 0.1) is 0 Å². The lowest BCUT2D eigenvalue weighted by Gasteiger charge is -2.20. The van der Waals surface area contributed by atoms with Gasteiger partial charge < -0.3 is 14.9 Å². The van der Waals surface area contributed by atoms with E-state index in [-0.39, 0.29) is 17.2 Å². The molecule has 0 amide bonds. The zero-order chi connectivity index (χ0) is 10.1. The minimum absolute atomic E-state index is 0.248. The number of ether oxygens (including phenoxy) is 1. The van der Waals surface area contributed by atoms with Crippen molar-refractivity contribution in [3.05, 3.63) is 17.2 Å². The molecular weight excluding hydrogens is 184 g/mol. The van der Waals surface area contributed by atoms with Gasteiger partial charge in [0.05, 0.1) is 6.61 Å². The second-order valence-electron chi connectivity index (χ2n) is 3.21. The van der Waals surface area contributed by atoms with E-state index >= 15 is 0 Å². The fourth-order valence-corrected chi connectivity index (χ4v) is 1.63. The molecule has 1 aromatic rings. The molecular formula is C10H10O4. The quantitative estimate of drug-likeness (QED) is 0.521. The first kappa shape index (κ1) is 8.87. The average Bonchev–Trinajstić information content (AvgIpc) is 2.23. The smallest absolute Gasteiger partial charge is 0.200 e. The Morgan fingerprint density at radius 3 is 2.93 bits per heavy atom. The number of phenolic OH excluding ortho intramolecular Hbond substituents is 2. The summed E-state index contributed by atoms with van der Waals surface area (Å²) in [5.41, 5.74) is 1.07. The molecule has 0 bridgehead atoms. The fourth-order valence-electron chi connectivity index (χ4n) is 1.63. The van der Waals surface area contributed by atoms with E-state index in [1.807, 2.05) is 0 Å². The Balaban J connectivity index is 2.66. The second kappa shape index (κ2) is 3.21. The molecule has 0 aromatic heterocycles. The van der Waals surface area contributed by atoms with Gasteiger partial charge in [-0.05, 0) is 18.9 Å². The van der Waals surface area contributed by atoms with Crippen LogP contribution in [0.2, 0.25) is 0 Å². The standard InChI is InChI=1S/C10H10O4/c11-5-6-4-8(12)9(13)10-7(6)2-1-3-14-10/h4-5,12-13H,1-3H2. The number of phenols is 2. The van der Waals surface area contributed by atoms with Crippen LogP contribution in [0.5, 0.6) is 17.2 Å². The van der Waals surface area contributed by atoms with E-state index in [0.717, 1.165) is 6.42 Å². The molecule has 14 heavy (non-hydrogen) atoms. The molecule has 0 atom stereocenters. The van der Waals surface area contributed by atoms with Crippen molar-refractivity contribution in [3.63, 3.8) is 0 Å². The number of aromatic hydroxyl groups is 2. The van der Waals surface area contributed by atoms with E-state index in [1.165, 1.54) is 6.07 Å². The summed E-state index contributed by atoms with van der Waals surface area (Å²) in [6.45, 7) is 0.502. The number of hydrogen-bond acceptors (Lipinski definition) is 4. The molecule has 0 fully saturated rings. The maximum absolute atomic E-state index is 10.7. The van der Waals surface area contributed by atoms with Crippen molar-refractivity contribution in [2.24, 2.45) is 0 Å². The van der Waals surface area contributed by atoms with Gasteiger partial charge in [-0.25, -0.2) is 0 Å². The summed E-state index contributed by atoms with van der Waals surface area (Å²) in [5.74, 6) is -0.337. The molecule has 2 rings (SSSR count). The van der Waals surface area contributed by atoms with Crippen LogP contribution < -0.4 is 4.74 Å². The van der Waals surface area contributed by atoms with E-state index in [4.69, 9.17) is 4.74 Å². The van der Waals surface area contributed by atoms with Gasteiger partial charge in [-0.2, -0.15) is 0 Å². The molecule has 2 N–H and O–H groups in total. The Hall–Kier alpha value is -1.71. The number of carbonyl (C=O) groups excluding carboxylic acids is 1. The molecule has 1 aliphatic rings. The Bertz CT molecular complexity index is 384. The van der Waals surface area contributed by atoms with Crippen molar-refractivity contribution in [1.29, 1.82) is 0 Å². The van der Waals surface area contributed by atoms with Crippen molar-refractivity contribution in [3.8, 4) is 17.2 Å². The predicted octanol–water partition coefficient (Wildman–Crippen LogP) is 1.24. The zero-order valence-corrected chi connectivity index (χ0v) is 7.49. The highest BCUT2D eigenvalue weighted by molar-refractivity contribution is 5.81. The number of hydrogen-bond donors (Lipinski definition) is 2. The van der Waals surface area contributed by atoms with Gasteiger partial charge >= 0.3 is 0 Å². The van der Waals surface area contributed by atoms with E-state index in [2.05, 4.69) is 0 Å². The third kappa shape index (κ3) is 1.19. The lowest BCUT2D eigenvalue weighted by molar-refractivity contribution is 0.112. The van der Waals surface area contributed by atoms with Gasteiger partial charge in [0.15, 0.2) is 17.8 Å². The summed E-state index contributed by atoms with van der Waals surface area (Å²) in [7, 11) is 0. The highest BCUT2D eigenvalue weighted by atomic mass is 16.5. The summed E-state index contributed by atoms with van der Waals surface area (Å²) in [6.07, 6.45) is 2.17. The molecule has 0 aliphatic carbocycles. The molecule has 4 nitrogen and oxygen atoms in total. The number of fused-ring (bicyclic) bond motifs is 1. The van der Waals surface area contributed by atoms with Crippen molar-refractivity contribution in [2.45, 2.75) is 12.8 Å². The van der Waals surface area contributed by atoms with Crippen LogP contribution in [-0.2, 0) is 6.42 Å². The van der Waals surface area contributed by atoms with Gasteiger partial charge in [0.2, 0.25) is 5.75 Å². The van der Waals surface area contributed by atoms with E-state index in [0.29, 0.717) is 30.4 Å². The Kier molecular flexibility index (Phi) is 2.04. The molecule has 74 valence electrons. The molecule has 0 spiro atoms. The fraction of sp³-hybridized carbons (Fsp3) is 0.300. The molecule has 0 saturated carbocycles. The summed E-state index contributed by atoms with van der Waals surface area (Å²) in [6, 6.07) is 1.26. The zero-order valence-electron chi connectivity index (χ0n) is 7.49. The van der Waals surface area contributed by atoms with Crippen molar-refractivity contribution >= 4 is 6.29 Å². The Morgan fingerprint density at radius 2 is 2.21 bits per heavy atom. The highest BCUT2D eigenvalue weighted by Crippen LogP contribution is 2.42. The van der Waals surface area contributed by atoms with E-state index in [9.17, 15) is 15.0 Å². The van der Waals surface area contributed by atoms with Gasteiger partial charge in [0, 0.05) is 11.1 Å². The highest BCUT2D eigenvalue weighted by Gasteiger charge is 2.21. The van der Waals surface area contributed by atoms with Gasteiger partial charge in [-0.15, -0.1) is 0 Å². The first-order chi connectivity index (χ1) is 6.74. The van der Waals surface area contributed by atoms with Crippen LogP contribution in [0.3, 0.4) is 0 Å². The largest absolute Gasteiger partial charge is 0.504 e. The summed E-state index contributed by atoms with van der Waals surface area (Å²) < 4.78 is 5.21. The van der Waals surface area contributed by atoms with Gasteiger partial charge in [0.25, 0.3) is 0 Å². The number of rotatable bonds is 1. The van der Waals surface area contributed by atoms with Crippen LogP contribution in [-0.4, -0.2) is 23.1 Å². The Morgan fingerprint density at radius 1 is 1.43 bits per heavy atom. The summed E-state index contributed by atoms with van der Waals surface area (Å²) in [5, 5.41) is 18.8. The summed E-state index contributed by atoms with van der Waals surface area (Å²) >= 11 is 0. The van der Waals surface area contributed by atoms with Crippen LogP contribution in [0.1, 0.15) is 22.3 Å². The van der Waals surface area contributed by atoms with Crippen LogP contribution in [0.25, 0.3) is 0 Å². The lowest BCUT2D eigenvalue weighted by atomic mass is 9.99. The Labute approximate surface area is 80.7 Å². The average molecular weight is 194 g/mol. The van der Waals surface area contributed by atoms with Crippen LogP contribution in [0.15, 0.2) is 6.07 Å². The van der Waals surface area contributed by atoms with Crippen molar-refractivity contribution in [2.75, 3.05) is 6.61 Å². The second-order valence-corrected chi connectivity index (χ2v) is 3.21. The number of aldehydes is 1. The SMILES string of the molecule is O=Cc1cc(O)c(O)c2c1CCCO2.